The van der Waals surface area contributed by atoms with Crippen molar-refractivity contribution >= 4 is 5.76 Å². The van der Waals surface area contributed by atoms with Crippen LogP contribution in [-0.4, -0.2) is 10.2 Å². The van der Waals surface area contributed by atoms with Crippen LogP contribution < -0.4 is 0 Å². The summed E-state index contributed by atoms with van der Waals surface area (Å²) >= 11 is 0. The lowest BCUT2D eigenvalue weighted by atomic mass is 10.1. The van der Waals surface area contributed by atoms with Crippen molar-refractivity contribution in [3.63, 3.8) is 0 Å². The molecule has 0 aliphatic heterocycles. The zero-order chi connectivity index (χ0) is 7.84. The number of aliphatic hydroxyl groups is 2. The van der Waals surface area contributed by atoms with Gasteiger partial charge in [-0.2, -0.15) is 0 Å². The van der Waals surface area contributed by atoms with Crippen LogP contribution in [0.5, 0.6) is 0 Å². The third-order valence-corrected chi connectivity index (χ3v) is 1.90. The quantitative estimate of drug-likeness (QED) is 0.591. The van der Waals surface area contributed by atoms with Crippen molar-refractivity contribution in [3.8, 4) is 0 Å². The number of rotatable bonds is 0. The van der Waals surface area contributed by atoms with E-state index >= 15 is 0 Å². The molecule has 11 heavy (non-hydrogen) atoms. The van der Waals surface area contributed by atoms with Crippen molar-refractivity contribution in [2.75, 3.05) is 0 Å². The molecule has 2 N–H and O–H groups in total. The van der Waals surface area contributed by atoms with E-state index in [2.05, 4.69) is 0 Å². The summed E-state index contributed by atoms with van der Waals surface area (Å²) in [4.78, 5) is 0. The Bertz CT molecular complexity index is 326. The van der Waals surface area contributed by atoms with Gasteiger partial charge in [0.05, 0.1) is 0 Å². The Kier molecular flexibility index (Phi) is 1.15. The first-order chi connectivity index (χ1) is 5.29. The second-order valence-electron chi connectivity index (χ2n) is 2.63. The van der Waals surface area contributed by atoms with E-state index in [4.69, 9.17) is 5.11 Å². The predicted molar refractivity (Wildman–Crippen MR) is 42.3 cm³/mol. The Hall–Kier alpha value is -1.44. The Labute approximate surface area is 64.4 Å². The Morgan fingerprint density at radius 1 is 1.09 bits per heavy atom. The topological polar surface area (TPSA) is 40.5 Å². The molecule has 0 amide bonds. The lowest BCUT2D eigenvalue weighted by molar-refractivity contribution is 0.377. The Morgan fingerprint density at radius 2 is 1.82 bits per heavy atom. The first-order valence-corrected chi connectivity index (χ1v) is 3.48. The summed E-state index contributed by atoms with van der Waals surface area (Å²) in [7, 11) is 0. The van der Waals surface area contributed by atoms with Crippen molar-refractivity contribution in [2.45, 2.75) is 6.42 Å². The average molecular weight is 148 g/mol. The van der Waals surface area contributed by atoms with Crippen molar-refractivity contribution in [1.82, 2.24) is 0 Å². The maximum absolute atomic E-state index is 9.28. The molecule has 1 aliphatic rings. The molecule has 0 saturated heterocycles. The highest BCUT2D eigenvalue weighted by atomic mass is 16.3. The summed E-state index contributed by atoms with van der Waals surface area (Å²) in [6.45, 7) is 0. The zero-order valence-electron chi connectivity index (χ0n) is 5.91. The van der Waals surface area contributed by atoms with Crippen molar-refractivity contribution < 1.29 is 10.2 Å². The van der Waals surface area contributed by atoms with E-state index in [1.165, 1.54) is 0 Å². The van der Waals surface area contributed by atoms with E-state index in [9.17, 15) is 5.11 Å². The van der Waals surface area contributed by atoms with Gasteiger partial charge in [0, 0.05) is 12.0 Å². The van der Waals surface area contributed by atoms with E-state index in [-0.39, 0.29) is 11.5 Å². The van der Waals surface area contributed by atoms with Gasteiger partial charge in [-0.05, 0) is 5.56 Å². The van der Waals surface area contributed by atoms with Crippen molar-refractivity contribution in [1.29, 1.82) is 0 Å². The normalized spacial score (nSPS) is 15.3. The van der Waals surface area contributed by atoms with Crippen LogP contribution in [0.4, 0.5) is 0 Å². The summed E-state index contributed by atoms with van der Waals surface area (Å²) in [6, 6.07) is 7.43. The number of benzene rings is 1. The summed E-state index contributed by atoms with van der Waals surface area (Å²) in [5.74, 6) is 0.104. The molecule has 0 aromatic heterocycles. The van der Waals surface area contributed by atoms with E-state index in [0.717, 1.165) is 11.1 Å². The highest BCUT2D eigenvalue weighted by Gasteiger charge is 2.18. The van der Waals surface area contributed by atoms with Crippen LogP contribution >= 0.6 is 0 Å². The molecule has 0 atom stereocenters. The summed E-state index contributed by atoms with van der Waals surface area (Å²) in [6.07, 6.45) is 0.460. The van der Waals surface area contributed by atoms with Crippen LogP contribution in [0.25, 0.3) is 5.76 Å². The van der Waals surface area contributed by atoms with Gasteiger partial charge < -0.3 is 10.2 Å². The fourth-order valence-corrected chi connectivity index (χ4v) is 1.33. The van der Waals surface area contributed by atoms with Crippen LogP contribution in [0.2, 0.25) is 0 Å². The fraction of sp³-hybridized carbons (Fsp3) is 0.111. The largest absolute Gasteiger partial charge is 0.508 e. The molecule has 56 valence electrons. The molecule has 1 aromatic rings. The first kappa shape index (κ1) is 6.28. The Morgan fingerprint density at radius 3 is 2.55 bits per heavy atom. The van der Waals surface area contributed by atoms with Gasteiger partial charge in [-0.25, -0.2) is 0 Å². The van der Waals surface area contributed by atoms with E-state index < -0.39 is 0 Å². The lowest BCUT2D eigenvalue weighted by Crippen LogP contribution is -1.81. The summed E-state index contributed by atoms with van der Waals surface area (Å²) < 4.78 is 0. The fourth-order valence-electron chi connectivity index (χ4n) is 1.33. The molecule has 0 spiro atoms. The minimum Gasteiger partial charge on any atom is -0.508 e. The number of hydrogen-bond donors (Lipinski definition) is 2. The molecule has 0 saturated carbocycles. The number of fused-ring (bicyclic) bond motifs is 1. The molecule has 1 aliphatic carbocycles. The predicted octanol–water partition coefficient (Wildman–Crippen LogP) is 2.03. The highest BCUT2D eigenvalue weighted by molar-refractivity contribution is 5.68. The smallest absolute Gasteiger partial charge is 0.161 e. The van der Waals surface area contributed by atoms with Crippen LogP contribution in [0.1, 0.15) is 11.1 Å². The standard InChI is InChI=1S/C9H8O2/c10-8-5-6-3-1-2-4-7(6)9(8)11/h1-4,10-11H,5H2. The Balaban J connectivity index is 2.60. The molecule has 2 rings (SSSR count). The molecule has 2 heteroatoms. The average Bonchev–Trinajstić information content (AvgIpc) is 2.30. The first-order valence-electron chi connectivity index (χ1n) is 3.48. The van der Waals surface area contributed by atoms with Crippen LogP contribution in [0.15, 0.2) is 30.0 Å². The van der Waals surface area contributed by atoms with Gasteiger partial charge in [0.2, 0.25) is 0 Å². The van der Waals surface area contributed by atoms with Gasteiger partial charge in [-0.1, -0.05) is 24.3 Å². The van der Waals surface area contributed by atoms with E-state index in [0.29, 0.717) is 6.42 Å². The monoisotopic (exact) mass is 148 g/mol. The van der Waals surface area contributed by atoms with E-state index in [1.54, 1.807) is 6.07 Å². The highest BCUT2D eigenvalue weighted by Crippen LogP contribution is 2.28. The molecule has 0 unspecified atom stereocenters. The van der Waals surface area contributed by atoms with Gasteiger partial charge in [-0.15, -0.1) is 0 Å². The lowest BCUT2D eigenvalue weighted by Gasteiger charge is -1.95. The second-order valence-corrected chi connectivity index (χ2v) is 2.63. The zero-order valence-corrected chi connectivity index (χ0v) is 5.91. The number of hydrogen-bond acceptors (Lipinski definition) is 2. The summed E-state index contributed by atoms with van der Waals surface area (Å²) in [5, 5.41) is 18.4. The van der Waals surface area contributed by atoms with Crippen LogP contribution in [0.3, 0.4) is 0 Å². The van der Waals surface area contributed by atoms with E-state index in [1.807, 2.05) is 18.2 Å². The number of allylic oxidation sites excluding steroid dienone is 1. The van der Waals surface area contributed by atoms with Gasteiger partial charge >= 0.3 is 0 Å². The van der Waals surface area contributed by atoms with Crippen LogP contribution in [-0.2, 0) is 6.42 Å². The maximum atomic E-state index is 9.28. The maximum Gasteiger partial charge on any atom is 0.161 e. The number of aliphatic hydroxyl groups excluding tert-OH is 2. The van der Waals surface area contributed by atoms with Crippen molar-refractivity contribution in [3.05, 3.63) is 41.2 Å². The molecule has 0 heterocycles. The van der Waals surface area contributed by atoms with Gasteiger partial charge in [0.1, 0.15) is 5.76 Å². The van der Waals surface area contributed by atoms with Gasteiger partial charge in [0.25, 0.3) is 0 Å². The van der Waals surface area contributed by atoms with Gasteiger partial charge in [0.15, 0.2) is 5.76 Å². The summed E-state index contributed by atoms with van der Waals surface area (Å²) in [5.41, 5.74) is 1.74. The minimum absolute atomic E-state index is 0.0283. The molecule has 0 bridgehead atoms. The SMILES string of the molecule is OC1=C(O)c2ccccc2C1. The van der Waals surface area contributed by atoms with Crippen LogP contribution in [0, 0.1) is 0 Å². The molecule has 0 fully saturated rings. The molecular formula is C9H8O2. The minimum atomic E-state index is 0.0283. The molecule has 1 aromatic carbocycles. The molecule has 0 radical (unpaired) electrons. The van der Waals surface area contributed by atoms with Gasteiger partial charge in [-0.3, -0.25) is 0 Å². The molecule has 2 nitrogen and oxygen atoms in total. The second kappa shape index (κ2) is 2.02. The third-order valence-electron chi connectivity index (χ3n) is 1.90. The molecular weight excluding hydrogens is 140 g/mol. The third kappa shape index (κ3) is 0.792. The van der Waals surface area contributed by atoms with Crippen molar-refractivity contribution in [2.24, 2.45) is 0 Å².